The maximum atomic E-state index is 5.04. The summed E-state index contributed by atoms with van der Waals surface area (Å²) in [6, 6.07) is 0.577. The average Bonchev–Trinajstić information content (AvgIpc) is 2.69. The van der Waals surface area contributed by atoms with Gasteiger partial charge in [-0.05, 0) is 19.4 Å². The van der Waals surface area contributed by atoms with Crippen LogP contribution in [0.15, 0.2) is 5.38 Å². The van der Waals surface area contributed by atoms with Crippen LogP contribution in [0.4, 0.5) is 0 Å². The van der Waals surface area contributed by atoms with Gasteiger partial charge in [-0.25, -0.2) is 4.98 Å². The molecule has 0 fully saturated rings. The van der Waals surface area contributed by atoms with E-state index in [-0.39, 0.29) is 0 Å². The van der Waals surface area contributed by atoms with Crippen molar-refractivity contribution < 1.29 is 4.74 Å². The van der Waals surface area contributed by atoms with Gasteiger partial charge in [0, 0.05) is 25.0 Å². The smallest absolute Gasteiger partial charge is 0.0951 e. The molecule has 1 N–H and O–H groups in total. The molecule has 0 aliphatic rings. The first-order valence-corrected chi connectivity index (χ1v) is 6.76. The highest BCUT2D eigenvalue weighted by Gasteiger charge is 2.01. The molecule has 0 bridgehead atoms. The fourth-order valence-electron chi connectivity index (χ4n) is 1.43. The molecule has 0 saturated heterocycles. The first kappa shape index (κ1) is 13.6. The van der Waals surface area contributed by atoms with Crippen LogP contribution in [0.25, 0.3) is 0 Å². The van der Waals surface area contributed by atoms with Gasteiger partial charge in [0.25, 0.3) is 0 Å². The molecule has 1 rings (SSSR count). The van der Waals surface area contributed by atoms with Crippen LogP contribution in [0.5, 0.6) is 0 Å². The average molecular weight is 242 g/mol. The van der Waals surface area contributed by atoms with E-state index in [9.17, 15) is 0 Å². The summed E-state index contributed by atoms with van der Waals surface area (Å²) >= 11 is 1.74. The molecule has 0 unspecified atom stereocenters. The lowest BCUT2D eigenvalue weighted by molar-refractivity contribution is 0.202. The number of nitrogens with one attached hydrogen (secondary N) is 1. The fraction of sp³-hybridized carbons (Fsp3) is 0.750. The number of thiazole rings is 1. The molecular formula is C12H22N2OS. The minimum atomic E-state index is 0.577. The van der Waals surface area contributed by atoms with Crippen LogP contribution in [-0.2, 0) is 17.6 Å². The van der Waals surface area contributed by atoms with Gasteiger partial charge in [0.05, 0.1) is 17.3 Å². The van der Waals surface area contributed by atoms with Crippen molar-refractivity contribution in [2.24, 2.45) is 0 Å². The molecule has 0 saturated carbocycles. The monoisotopic (exact) mass is 242 g/mol. The number of methoxy groups -OCH3 is 1. The third kappa shape index (κ3) is 5.58. The number of hydrogen-bond donors (Lipinski definition) is 1. The van der Waals surface area contributed by atoms with Gasteiger partial charge >= 0.3 is 0 Å². The zero-order chi connectivity index (χ0) is 11.8. The van der Waals surface area contributed by atoms with E-state index in [0.717, 1.165) is 32.4 Å². The van der Waals surface area contributed by atoms with E-state index in [1.54, 1.807) is 18.4 Å². The first-order chi connectivity index (χ1) is 7.72. The number of hydrogen-bond acceptors (Lipinski definition) is 4. The van der Waals surface area contributed by atoms with Crippen molar-refractivity contribution in [1.29, 1.82) is 0 Å². The quantitative estimate of drug-likeness (QED) is 0.710. The van der Waals surface area contributed by atoms with E-state index in [1.807, 2.05) is 0 Å². The largest absolute Gasteiger partial charge is 0.384 e. The molecule has 16 heavy (non-hydrogen) atoms. The van der Waals surface area contributed by atoms with E-state index in [0.29, 0.717) is 6.04 Å². The summed E-state index contributed by atoms with van der Waals surface area (Å²) in [5.74, 6) is 0. The second kappa shape index (κ2) is 7.76. The highest BCUT2D eigenvalue weighted by molar-refractivity contribution is 7.09. The summed E-state index contributed by atoms with van der Waals surface area (Å²) < 4.78 is 5.04. The summed E-state index contributed by atoms with van der Waals surface area (Å²) in [4.78, 5) is 4.58. The van der Waals surface area contributed by atoms with Gasteiger partial charge in [0.2, 0.25) is 0 Å². The molecule has 4 heteroatoms. The molecule has 0 amide bonds. The Hall–Kier alpha value is -0.450. The lowest BCUT2D eigenvalue weighted by Crippen LogP contribution is -2.23. The number of rotatable bonds is 8. The van der Waals surface area contributed by atoms with Gasteiger partial charge in [0.1, 0.15) is 0 Å². The minimum Gasteiger partial charge on any atom is -0.384 e. The van der Waals surface area contributed by atoms with Crippen LogP contribution < -0.4 is 5.32 Å². The fourth-order valence-corrected chi connectivity index (χ4v) is 2.24. The van der Waals surface area contributed by atoms with Gasteiger partial charge in [-0.15, -0.1) is 11.3 Å². The molecule has 3 nitrogen and oxygen atoms in total. The molecule has 0 aliphatic heterocycles. The van der Waals surface area contributed by atoms with Gasteiger partial charge in [-0.1, -0.05) is 13.8 Å². The highest BCUT2D eigenvalue weighted by atomic mass is 32.1. The SMILES string of the molecule is COCCc1nc(CCCNC(C)C)cs1. The van der Waals surface area contributed by atoms with Gasteiger partial charge in [-0.2, -0.15) is 0 Å². The summed E-state index contributed by atoms with van der Waals surface area (Å²) in [6.07, 6.45) is 3.17. The second-order valence-electron chi connectivity index (χ2n) is 4.19. The van der Waals surface area contributed by atoms with Crippen molar-refractivity contribution in [2.45, 2.75) is 39.2 Å². The minimum absolute atomic E-state index is 0.577. The Balaban J connectivity index is 2.19. The van der Waals surface area contributed by atoms with Crippen LogP contribution in [0.2, 0.25) is 0 Å². The lowest BCUT2D eigenvalue weighted by Gasteiger charge is -2.06. The van der Waals surface area contributed by atoms with Crippen molar-refractivity contribution in [3.8, 4) is 0 Å². The molecule has 0 spiro atoms. The van der Waals surface area contributed by atoms with Crippen molar-refractivity contribution in [1.82, 2.24) is 10.3 Å². The number of nitrogens with zero attached hydrogens (tertiary/aromatic N) is 1. The summed E-state index contributed by atoms with van der Waals surface area (Å²) in [5, 5.41) is 6.77. The molecule has 1 aromatic heterocycles. The highest BCUT2D eigenvalue weighted by Crippen LogP contribution is 2.11. The van der Waals surface area contributed by atoms with Crippen molar-refractivity contribution >= 4 is 11.3 Å². The Bertz CT molecular complexity index is 286. The number of aromatic nitrogens is 1. The molecule has 92 valence electrons. The standard InChI is InChI=1S/C12H22N2OS/c1-10(2)13-7-4-5-11-9-16-12(14-11)6-8-15-3/h9-10,13H,4-8H2,1-3H3. The van der Waals surface area contributed by atoms with E-state index in [4.69, 9.17) is 4.74 Å². The Kier molecular flexibility index (Phi) is 6.61. The molecule has 0 aliphatic carbocycles. The summed E-state index contributed by atoms with van der Waals surface area (Å²) in [5.41, 5.74) is 1.22. The van der Waals surface area contributed by atoms with Crippen molar-refractivity contribution in [3.63, 3.8) is 0 Å². The van der Waals surface area contributed by atoms with Gasteiger partial charge in [-0.3, -0.25) is 0 Å². The third-order valence-corrected chi connectivity index (χ3v) is 3.24. The maximum absolute atomic E-state index is 5.04. The normalized spacial score (nSPS) is 11.2. The van der Waals surface area contributed by atoms with E-state index in [1.165, 1.54) is 10.7 Å². The molecule has 1 aromatic rings. The molecule has 0 radical (unpaired) electrons. The van der Waals surface area contributed by atoms with Crippen LogP contribution in [0.3, 0.4) is 0 Å². The predicted octanol–water partition coefficient (Wildman–Crippen LogP) is 2.26. The van der Waals surface area contributed by atoms with Crippen molar-refractivity contribution in [3.05, 3.63) is 16.1 Å². The van der Waals surface area contributed by atoms with Crippen LogP contribution >= 0.6 is 11.3 Å². The number of ether oxygens (including phenoxy) is 1. The first-order valence-electron chi connectivity index (χ1n) is 5.88. The molecule has 1 heterocycles. The van der Waals surface area contributed by atoms with Crippen LogP contribution in [-0.4, -0.2) is 31.3 Å². The van der Waals surface area contributed by atoms with E-state index < -0.39 is 0 Å². The van der Waals surface area contributed by atoms with E-state index in [2.05, 4.69) is 29.5 Å². The van der Waals surface area contributed by atoms with E-state index >= 15 is 0 Å². The Morgan fingerprint density at radius 1 is 1.44 bits per heavy atom. The Morgan fingerprint density at radius 3 is 2.94 bits per heavy atom. The topological polar surface area (TPSA) is 34.1 Å². The van der Waals surface area contributed by atoms with Crippen molar-refractivity contribution in [2.75, 3.05) is 20.3 Å². The number of aryl methyl sites for hydroxylation is 1. The van der Waals surface area contributed by atoms with Gasteiger partial charge < -0.3 is 10.1 Å². The summed E-state index contributed by atoms with van der Waals surface area (Å²) in [7, 11) is 1.73. The molecular weight excluding hydrogens is 220 g/mol. The maximum Gasteiger partial charge on any atom is 0.0951 e. The molecule has 0 atom stereocenters. The van der Waals surface area contributed by atoms with Crippen LogP contribution in [0, 0.1) is 0 Å². The zero-order valence-corrected chi connectivity index (χ0v) is 11.3. The zero-order valence-electron chi connectivity index (χ0n) is 10.5. The lowest BCUT2D eigenvalue weighted by atomic mass is 10.2. The Morgan fingerprint density at radius 2 is 2.25 bits per heavy atom. The molecule has 0 aromatic carbocycles. The third-order valence-electron chi connectivity index (χ3n) is 2.28. The second-order valence-corrected chi connectivity index (χ2v) is 5.13. The Labute approximate surface area is 102 Å². The van der Waals surface area contributed by atoms with Crippen LogP contribution in [0.1, 0.15) is 31.0 Å². The van der Waals surface area contributed by atoms with Gasteiger partial charge in [0.15, 0.2) is 0 Å². The summed E-state index contributed by atoms with van der Waals surface area (Å²) in [6.45, 7) is 6.18. The predicted molar refractivity (Wildman–Crippen MR) is 69.2 cm³/mol.